The number of nitrogens with zero attached hydrogens (tertiary/aromatic N) is 8. The van der Waals surface area contributed by atoms with Crippen molar-refractivity contribution in [3.63, 3.8) is 0 Å². The summed E-state index contributed by atoms with van der Waals surface area (Å²) in [6.07, 6.45) is -3.77. The van der Waals surface area contributed by atoms with Crippen LogP contribution >= 0.6 is 15.6 Å². The topological polar surface area (TPSA) is 319 Å². The molecular formula is C23H26N10O13P2. The number of phosphoric acid groups is 2. The van der Waals surface area contributed by atoms with Gasteiger partial charge in [0.15, 0.2) is 41.7 Å². The number of ether oxygens (including phenoxy) is 3. The lowest BCUT2D eigenvalue weighted by Gasteiger charge is -2.25. The fourth-order valence-electron chi connectivity index (χ4n) is 5.47. The molecule has 256 valence electrons. The van der Waals surface area contributed by atoms with Crippen LogP contribution in [-0.4, -0.2) is 115 Å². The van der Waals surface area contributed by atoms with Crippen LogP contribution in [0.5, 0.6) is 5.88 Å². The van der Waals surface area contributed by atoms with E-state index in [1.165, 1.54) is 21.8 Å². The third-order valence-corrected chi connectivity index (χ3v) is 9.54. The Morgan fingerprint density at radius 1 is 0.875 bits per heavy atom. The largest absolute Gasteiger partial charge is 0.472 e. The highest BCUT2D eigenvalue weighted by molar-refractivity contribution is 7.47. The Morgan fingerprint density at radius 3 is 2.25 bits per heavy atom. The molecule has 0 amide bonds. The number of aliphatic hydroxyl groups is 2. The van der Waals surface area contributed by atoms with Crippen LogP contribution in [0.2, 0.25) is 0 Å². The lowest BCUT2D eigenvalue weighted by Crippen LogP contribution is -2.36. The van der Waals surface area contributed by atoms with Gasteiger partial charge >= 0.3 is 15.6 Å². The molecule has 0 aromatic carbocycles. The van der Waals surface area contributed by atoms with Crippen LogP contribution in [0.25, 0.3) is 22.3 Å². The van der Waals surface area contributed by atoms with E-state index < -0.39 is 77.9 Å². The first kappa shape index (κ1) is 32.7. The molecule has 48 heavy (non-hydrogen) atoms. The van der Waals surface area contributed by atoms with E-state index in [-0.39, 0.29) is 46.6 Å². The molecule has 10 atom stereocenters. The fraction of sp³-hybridized carbons (Fsp3) is 0.478. The van der Waals surface area contributed by atoms with Gasteiger partial charge in [0.1, 0.15) is 48.5 Å². The van der Waals surface area contributed by atoms with Gasteiger partial charge in [-0.05, 0) is 0 Å². The lowest BCUT2D eigenvalue weighted by atomic mass is 10.1. The van der Waals surface area contributed by atoms with Crippen LogP contribution < -0.4 is 16.2 Å². The van der Waals surface area contributed by atoms with Gasteiger partial charge in [0, 0.05) is 0 Å². The van der Waals surface area contributed by atoms with Crippen molar-refractivity contribution in [2.45, 2.75) is 49.1 Å². The molecule has 25 heteroatoms. The lowest BCUT2D eigenvalue weighted by molar-refractivity contribution is -0.0672. The summed E-state index contributed by atoms with van der Waals surface area (Å²) in [6.45, 7) is -1.81. The molecule has 0 radical (unpaired) electrons. The van der Waals surface area contributed by atoms with Gasteiger partial charge in [-0.1, -0.05) is 5.92 Å². The van der Waals surface area contributed by atoms with Crippen LogP contribution in [0.1, 0.15) is 12.5 Å². The van der Waals surface area contributed by atoms with Gasteiger partial charge in [-0.2, -0.15) is 9.97 Å². The van der Waals surface area contributed by atoms with Crippen molar-refractivity contribution in [1.29, 1.82) is 0 Å². The standard InChI is InChI=1S/C23H26N10O13P2/c1-2-3-40-20-12-19(30-23(25)31-20)33(8-29-12)22-16-13(34)9(43-22)4-41-47(36,37)45-15-10(5-42-48(38,39)46-16)44-21(14(15)35)32-7-28-11-17(24)26-6-27-18(11)32/h1,6-10,13-16,21-22,34-35H,3-5H2,(H,36,37)(H,38,39)(H2,24,26,27)(H2,25,30,31)/t9-,10-,13?,14+,15?,16+,21-,22-/m1/s1. The maximum atomic E-state index is 13.3. The first-order valence-corrected chi connectivity index (χ1v) is 16.8. The predicted molar refractivity (Wildman–Crippen MR) is 155 cm³/mol. The molecule has 3 aliphatic rings. The van der Waals surface area contributed by atoms with Crippen molar-refractivity contribution < 1.29 is 61.4 Å². The normalized spacial score (nSPS) is 35.8. The highest BCUT2D eigenvalue weighted by Crippen LogP contribution is 2.53. The van der Waals surface area contributed by atoms with Crippen molar-refractivity contribution in [1.82, 2.24) is 39.0 Å². The van der Waals surface area contributed by atoms with Gasteiger partial charge in [-0.15, -0.1) is 6.42 Å². The van der Waals surface area contributed by atoms with Crippen molar-refractivity contribution in [2.24, 2.45) is 0 Å². The van der Waals surface area contributed by atoms with Crippen LogP contribution in [0.15, 0.2) is 19.0 Å². The van der Waals surface area contributed by atoms with Crippen molar-refractivity contribution in [3.05, 3.63) is 19.0 Å². The summed E-state index contributed by atoms with van der Waals surface area (Å²) < 4.78 is 67.1. The summed E-state index contributed by atoms with van der Waals surface area (Å²) in [6, 6.07) is 0. The minimum atomic E-state index is -5.12. The van der Waals surface area contributed by atoms with E-state index >= 15 is 0 Å². The average molecular weight is 712 g/mol. The minimum absolute atomic E-state index is 0.00543. The summed E-state index contributed by atoms with van der Waals surface area (Å²) in [7, 11) is -10.2. The third kappa shape index (κ3) is 5.87. The van der Waals surface area contributed by atoms with E-state index in [2.05, 4.69) is 35.8 Å². The zero-order chi connectivity index (χ0) is 34.0. The molecule has 4 aromatic rings. The molecular weight excluding hydrogens is 686 g/mol. The Balaban J connectivity index is 1.20. The summed E-state index contributed by atoms with van der Waals surface area (Å²) in [4.78, 5) is 45.8. The molecule has 4 aromatic heterocycles. The number of aliphatic hydroxyl groups excluding tert-OH is 2. The second kappa shape index (κ2) is 12.2. The van der Waals surface area contributed by atoms with E-state index in [0.29, 0.717) is 0 Å². The Labute approximate surface area is 267 Å². The van der Waals surface area contributed by atoms with Gasteiger partial charge in [0.05, 0.1) is 25.9 Å². The quantitative estimate of drug-likeness (QED) is 0.102. The molecule has 8 N–H and O–H groups in total. The van der Waals surface area contributed by atoms with Gasteiger partial charge in [-0.25, -0.2) is 29.1 Å². The molecule has 4 unspecified atom stereocenters. The molecule has 2 bridgehead atoms. The van der Waals surface area contributed by atoms with E-state index in [1.54, 1.807) is 0 Å². The maximum Gasteiger partial charge on any atom is 0.472 e. The van der Waals surface area contributed by atoms with Gasteiger partial charge in [-0.3, -0.25) is 27.2 Å². The Morgan fingerprint density at radius 2 is 1.52 bits per heavy atom. The van der Waals surface area contributed by atoms with E-state index in [4.69, 9.17) is 50.2 Å². The van der Waals surface area contributed by atoms with Gasteiger partial charge in [0.25, 0.3) is 0 Å². The van der Waals surface area contributed by atoms with Crippen molar-refractivity contribution >= 4 is 49.7 Å². The van der Waals surface area contributed by atoms with Crippen LogP contribution in [-0.2, 0) is 36.7 Å². The number of aromatic nitrogens is 8. The number of rotatable bonds is 4. The summed E-state index contributed by atoms with van der Waals surface area (Å²) >= 11 is 0. The van der Waals surface area contributed by atoms with E-state index in [0.717, 1.165) is 6.33 Å². The number of hydrogen-bond donors (Lipinski definition) is 6. The second-order valence-corrected chi connectivity index (χ2v) is 13.4. The molecule has 7 rings (SSSR count). The first-order valence-electron chi connectivity index (χ1n) is 13.8. The number of imidazole rings is 2. The maximum absolute atomic E-state index is 13.3. The summed E-state index contributed by atoms with van der Waals surface area (Å²) in [5, 5.41) is 22.3. The van der Waals surface area contributed by atoms with Crippen LogP contribution in [0.3, 0.4) is 0 Å². The average Bonchev–Trinajstić information content (AvgIpc) is 3.79. The molecule has 0 saturated carbocycles. The molecule has 3 fully saturated rings. The first-order chi connectivity index (χ1) is 22.9. The number of nitrogens with two attached hydrogens (primary N) is 2. The Hall–Kier alpha value is -3.88. The number of anilines is 2. The van der Waals surface area contributed by atoms with Crippen molar-refractivity contribution in [3.8, 4) is 18.2 Å². The molecule has 3 saturated heterocycles. The molecule has 7 heterocycles. The van der Waals surface area contributed by atoms with Crippen molar-refractivity contribution in [2.75, 3.05) is 31.3 Å². The van der Waals surface area contributed by atoms with Gasteiger partial charge in [0.2, 0.25) is 11.8 Å². The van der Waals surface area contributed by atoms with Gasteiger partial charge < -0.3 is 45.7 Å². The molecule has 0 aliphatic carbocycles. The fourth-order valence-corrected chi connectivity index (χ4v) is 7.37. The number of terminal acetylenes is 1. The highest BCUT2D eigenvalue weighted by Gasteiger charge is 2.54. The number of nitrogen functional groups attached to an aromatic ring is 2. The minimum Gasteiger partial charge on any atom is -0.463 e. The van der Waals surface area contributed by atoms with E-state index in [9.17, 15) is 29.1 Å². The smallest absolute Gasteiger partial charge is 0.463 e. The third-order valence-electron chi connectivity index (χ3n) is 7.57. The molecule has 23 nitrogen and oxygen atoms in total. The summed E-state index contributed by atoms with van der Waals surface area (Å²) in [5.41, 5.74) is 12.1. The Kier molecular flexibility index (Phi) is 8.31. The predicted octanol–water partition coefficient (Wildman–Crippen LogP) is -1.62. The monoisotopic (exact) mass is 712 g/mol. The zero-order valence-corrected chi connectivity index (χ0v) is 25.9. The van der Waals surface area contributed by atoms with Crippen LogP contribution in [0, 0.1) is 12.3 Å². The SMILES string of the molecule is C#CCOc1nc(N)nc2c1ncn2[C@@H]1O[C@@H]2COP(=O)(O)OC3[C@@H](COP(=O)(O)O[C@H]1C2O)O[C@@H](n1cnc2c(N)ncnc21)[C@H]3O. The molecule has 3 aliphatic heterocycles. The highest BCUT2D eigenvalue weighted by atomic mass is 31.2. The number of fused-ring (bicyclic) bond motifs is 5. The number of hydrogen-bond acceptors (Lipinski definition) is 19. The zero-order valence-electron chi connectivity index (χ0n) is 24.1. The summed E-state index contributed by atoms with van der Waals surface area (Å²) in [5.74, 6) is 1.98. The Bertz CT molecular complexity index is 2010. The number of phosphoric ester groups is 2. The second-order valence-electron chi connectivity index (χ2n) is 10.6. The van der Waals surface area contributed by atoms with E-state index in [1.807, 2.05) is 0 Å². The van der Waals surface area contributed by atoms with Crippen LogP contribution in [0.4, 0.5) is 11.8 Å². The molecule has 0 spiro atoms.